The van der Waals surface area contributed by atoms with Crippen LogP contribution in [0.1, 0.15) is 24.8 Å². The van der Waals surface area contributed by atoms with E-state index in [4.69, 9.17) is 10.7 Å². The molecule has 5 N–H and O–H groups in total. The predicted molar refractivity (Wildman–Crippen MR) is 113 cm³/mol. The molecule has 0 spiro atoms. The van der Waals surface area contributed by atoms with Crippen molar-refractivity contribution in [3.05, 3.63) is 54.2 Å². The van der Waals surface area contributed by atoms with Gasteiger partial charge in [-0.2, -0.15) is 0 Å². The predicted octanol–water partition coefficient (Wildman–Crippen LogP) is 2.68. The molecule has 2 atom stereocenters. The number of rotatable bonds is 6. The minimum Gasteiger partial charge on any atom is -0.396 e. The van der Waals surface area contributed by atoms with Crippen molar-refractivity contribution >= 4 is 28.2 Å². The molecule has 0 amide bonds. The van der Waals surface area contributed by atoms with E-state index in [2.05, 4.69) is 33.9 Å². The van der Waals surface area contributed by atoms with Gasteiger partial charge in [0, 0.05) is 18.6 Å². The Morgan fingerprint density at radius 3 is 2.89 bits per heavy atom. The molecule has 0 unspecified atom stereocenters. The summed E-state index contributed by atoms with van der Waals surface area (Å²) in [6.45, 7) is 0.605. The van der Waals surface area contributed by atoms with Crippen molar-refractivity contribution in [2.24, 2.45) is 0 Å². The van der Waals surface area contributed by atoms with Crippen LogP contribution in [0.4, 0.5) is 17.3 Å². The largest absolute Gasteiger partial charge is 0.396 e. The van der Waals surface area contributed by atoms with Gasteiger partial charge in [0.25, 0.3) is 0 Å². The number of pyridine rings is 2. The first-order chi connectivity index (χ1) is 13.6. The molecule has 0 bridgehead atoms. The maximum Gasteiger partial charge on any atom is 0.168 e. The standard InChI is InChI=1S/C21H26N6O/c1-23-27(13-14-7-9-17-15(12-14)4-3-11-24-17)21-16(22)8-10-20(26-21)25-18-5-2-6-19(18)28/h3-4,7-12,18-19,23,28H,2,5-6,13,22H2,1H3,(H,25,26)/t18-,19+/m1/s1. The Kier molecular flexibility index (Phi) is 5.27. The SMILES string of the molecule is CNN(Cc1ccc2ncccc2c1)c1nc(N[C@@H]2CCC[C@@H]2O)ccc1N. The van der Waals surface area contributed by atoms with Crippen LogP contribution in [-0.2, 0) is 6.54 Å². The Labute approximate surface area is 164 Å². The second-order valence-electron chi connectivity index (χ2n) is 7.20. The number of aliphatic hydroxyl groups excluding tert-OH is 1. The number of nitrogens with one attached hydrogen (secondary N) is 2. The molecule has 0 saturated heterocycles. The van der Waals surface area contributed by atoms with Crippen molar-refractivity contribution in [2.75, 3.05) is 23.1 Å². The van der Waals surface area contributed by atoms with Crippen molar-refractivity contribution in [1.29, 1.82) is 0 Å². The molecular formula is C21H26N6O. The fourth-order valence-electron chi connectivity index (χ4n) is 3.72. The summed E-state index contributed by atoms with van der Waals surface area (Å²) in [5.74, 6) is 1.38. The van der Waals surface area contributed by atoms with E-state index in [1.165, 1.54) is 0 Å². The normalized spacial score (nSPS) is 19.1. The molecular weight excluding hydrogens is 352 g/mol. The number of nitrogens with two attached hydrogens (primary N) is 1. The lowest BCUT2D eigenvalue weighted by molar-refractivity contribution is 0.171. The lowest BCUT2D eigenvalue weighted by Gasteiger charge is -2.25. The van der Waals surface area contributed by atoms with Gasteiger partial charge < -0.3 is 16.2 Å². The number of nitrogens with zero attached hydrogens (tertiary/aromatic N) is 3. The van der Waals surface area contributed by atoms with Crippen LogP contribution in [0.5, 0.6) is 0 Å². The summed E-state index contributed by atoms with van der Waals surface area (Å²) in [6.07, 6.45) is 4.28. The van der Waals surface area contributed by atoms with E-state index in [0.717, 1.165) is 41.5 Å². The van der Waals surface area contributed by atoms with Crippen molar-refractivity contribution in [2.45, 2.75) is 38.0 Å². The summed E-state index contributed by atoms with van der Waals surface area (Å²) in [6, 6.07) is 14.0. The van der Waals surface area contributed by atoms with Gasteiger partial charge >= 0.3 is 0 Å². The number of aliphatic hydroxyl groups is 1. The fourth-order valence-corrected chi connectivity index (χ4v) is 3.72. The maximum absolute atomic E-state index is 10.1. The third-order valence-corrected chi connectivity index (χ3v) is 5.25. The molecule has 2 aromatic heterocycles. The Bertz CT molecular complexity index is 963. The Morgan fingerprint density at radius 2 is 2.11 bits per heavy atom. The van der Waals surface area contributed by atoms with Crippen LogP contribution in [-0.4, -0.2) is 34.3 Å². The number of benzene rings is 1. The molecule has 7 heteroatoms. The highest BCUT2D eigenvalue weighted by molar-refractivity contribution is 5.79. The highest BCUT2D eigenvalue weighted by atomic mass is 16.3. The molecule has 3 aromatic rings. The van der Waals surface area contributed by atoms with Crippen LogP contribution in [0.2, 0.25) is 0 Å². The second kappa shape index (κ2) is 8.00. The molecule has 7 nitrogen and oxygen atoms in total. The van der Waals surface area contributed by atoms with Gasteiger partial charge in [0.15, 0.2) is 5.82 Å². The first-order valence-electron chi connectivity index (χ1n) is 9.64. The van der Waals surface area contributed by atoms with Crippen LogP contribution in [0.15, 0.2) is 48.7 Å². The third-order valence-electron chi connectivity index (χ3n) is 5.25. The van der Waals surface area contributed by atoms with Gasteiger partial charge in [0.2, 0.25) is 0 Å². The quantitative estimate of drug-likeness (QED) is 0.489. The van der Waals surface area contributed by atoms with Crippen molar-refractivity contribution in [3.63, 3.8) is 0 Å². The highest BCUT2D eigenvalue weighted by Gasteiger charge is 2.25. The van der Waals surface area contributed by atoms with E-state index in [9.17, 15) is 5.11 Å². The number of hydrogen-bond acceptors (Lipinski definition) is 7. The number of nitrogen functional groups attached to an aromatic ring is 1. The van der Waals surface area contributed by atoms with Crippen molar-refractivity contribution in [3.8, 4) is 0 Å². The zero-order valence-electron chi connectivity index (χ0n) is 16.0. The van der Waals surface area contributed by atoms with Crippen LogP contribution in [0.3, 0.4) is 0 Å². The molecule has 1 saturated carbocycles. The summed E-state index contributed by atoms with van der Waals surface area (Å²) in [5.41, 5.74) is 12.1. The molecule has 0 radical (unpaired) electrons. The van der Waals surface area contributed by atoms with Gasteiger partial charge in [0.1, 0.15) is 5.82 Å². The molecule has 1 aromatic carbocycles. The van der Waals surface area contributed by atoms with Crippen LogP contribution >= 0.6 is 0 Å². The second-order valence-corrected chi connectivity index (χ2v) is 7.20. The number of fused-ring (bicyclic) bond motifs is 1. The lowest BCUT2D eigenvalue weighted by Crippen LogP contribution is -2.36. The van der Waals surface area contributed by atoms with E-state index < -0.39 is 0 Å². The van der Waals surface area contributed by atoms with Gasteiger partial charge in [-0.15, -0.1) is 0 Å². The first-order valence-corrected chi connectivity index (χ1v) is 9.64. The van der Waals surface area contributed by atoms with Crippen molar-refractivity contribution < 1.29 is 5.11 Å². The van der Waals surface area contributed by atoms with E-state index in [0.29, 0.717) is 18.1 Å². The van der Waals surface area contributed by atoms with E-state index in [-0.39, 0.29) is 12.1 Å². The molecule has 28 heavy (non-hydrogen) atoms. The number of aromatic nitrogens is 2. The average molecular weight is 378 g/mol. The fraction of sp³-hybridized carbons (Fsp3) is 0.333. The topological polar surface area (TPSA) is 99.3 Å². The Morgan fingerprint density at radius 1 is 1.21 bits per heavy atom. The minimum absolute atomic E-state index is 0.0417. The molecule has 0 aliphatic heterocycles. The number of hydrazine groups is 1. The first kappa shape index (κ1) is 18.5. The zero-order chi connectivity index (χ0) is 19.5. The van der Waals surface area contributed by atoms with Gasteiger partial charge in [0.05, 0.1) is 29.9 Å². The van der Waals surface area contributed by atoms with Crippen LogP contribution in [0.25, 0.3) is 10.9 Å². The van der Waals surface area contributed by atoms with Crippen LogP contribution < -0.4 is 21.5 Å². The highest BCUT2D eigenvalue weighted by Crippen LogP contribution is 2.27. The van der Waals surface area contributed by atoms with Gasteiger partial charge in [-0.1, -0.05) is 12.1 Å². The Balaban J connectivity index is 1.56. The molecule has 1 aliphatic carbocycles. The van der Waals surface area contributed by atoms with Gasteiger partial charge in [-0.25, -0.2) is 10.4 Å². The van der Waals surface area contributed by atoms with E-state index >= 15 is 0 Å². The molecule has 4 rings (SSSR count). The minimum atomic E-state index is -0.325. The zero-order valence-corrected chi connectivity index (χ0v) is 16.0. The molecule has 1 aliphatic rings. The smallest absolute Gasteiger partial charge is 0.168 e. The molecule has 1 fully saturated rings. The summed E-state index contributed by atoms with van der Waals surface area (Å²) >= 11 is 0. The van der Waals surface area contributed by atoms with Gasteiger partial charge in [-0.05, 0) is 55.2 Å². The summed E-state index contributed by atoms with van der Waals surface area (Å²) in [5, 5.41) is 16.4. The number of anilines is 3. The summed E-state index contributed by atoms with van der Waals surface area (Å²) in [7, 11) is 1.85. The van der Waals surface area contributed by atoms with Crippen LogP contribution in [0, 0.1) is 0 Å². The molecule has 2 heterocycles. The van der Waals surface area contributed by atoms with Gasteiger partial charge in [-0.3, -0.25) is 9.99 Å². The van der Waals surface area contributed by atoms with E-state index in [1.807, 2.05) is 36.3 Å². The summed E-state index contributed by atoms with van der Waals surface area (Å²) in [4.78, 5) is 9.07. The summed E-state index contributed by atoms with van der Waals surface area (Å²) < 4.78 is 0. The lowest BCUT2D eigenvalue weighted by atomic mass is 10.1. The Hall–Kier alpha value is -2.90. The number of hydrogen-bond donors (Lipinski definition) is 4. The third kappa shape index (κ3) is 3.85. The van der Waals surface area contributed by atoms with E-state index in [1.54, 1.807) is 6.20 Å². The molecule has 146 valence electrons. The van der Waals surface area contributed by atoms with Crippen molar-refractivity contribution in [1.82, 2.24) is 15.4 Å². The average Bonchev–Trinajstić information content (AvgIpc) is 3.12. The monoisotopic (exact) mass is 378 g/mol. The maximum atomic E-state index is 10.1.